The molecule has 0 amide bonds. The topological polar surface area (TPSA) is 30.9 Å². The normalized spacial score (nSPS) is 22.3. The number of hydrogen-bond acceptors (Lipinski definition) is 4. The van der Waals surface area contributed by atoms with Crippen molar-refractivity contribution < 1.29 is 27.4 Å². The highest BCUT2D eigenvalue weighted by atomic mass is 19.4. The van der Waals surface area contributed by atoms with Gasteiger partial charge in [-0.2, -0.15) is 13.2 Å². The first-order chi connectivity index (χ1) is 13.4. The monoisotopic (exact) mass is 393 g/mol. The molecule has 0 saturated carbocycles. The van der Waals surface area contributed by atoms with Crippen LogP contribution in [0.1, 0.15) is 23.5 Å². The van der Waals surface area contributed by atoms with E-state index in [1.165, 1.54) is 12.1 Å². The summed E-state index contributed by atoms with van der Waals surface area (Å²) in [6, 6.07) is 11.1. The van der Waals surface area contributed by atoms with Gasteiger partial charge in [-0.1, -0.05) is 18.2 Å². The number of alkyl halides is 3. The van der Waals surface area contributed by atoms with Gasteiger partial charge in [-0.3, -0.25) is 0 Å². The molecule has 0 spiro atoms. The zero-order chi connectivity index (χ0) is 19.7. The summed E-state index contributed by atoms with van der Waals surface area (Å²) in [5.74, 6) is 2.11. The molecule has 28 heavy (non-hydrogen) atoms. The van der Waals surface area contributed by atoms with Crippen LogP contribution in [0.2, 0.25) is 0 Å². The summed E-state index contributed by atoms with van der Waals surface area (Å²) in [5.41, 5.74) is 0.126. The lowest BCUT2D eigenvalue weighted by Gasteiger charge is -2.37. The van der Waals surface area contributed by atoms with E-state index in [2.05, 4.69) is 4.90 Å². The molecule has 1 fully saturated rings. The average molecular weight is 393 g/mol. The largest absolute Gasteiger partial charge is 0.493 e. The first kappa shape index (κ1) is 18.9. The Morgan fingerprint density at radius 1 is 1.11 bits per heavy atom. The minimum Gasteiger partial charge on any atom is -0.493 e. The van der Waals surface area contributed by atoms with Crippen molar-refractivity contribution in [3.63, 3.8) is 0 Å². The Balaban J connectivity index is 1.50. The Morgan fingerprint density at radius 3 is 2.75 bits per heavy atom. The third-order valence-electron chi connectivity index (χ3n) is 5.39. The number of piperidine rings is 1. The lowest BCUT2D eigenvalue weighted by Crippen LogP contribution is -2.39. The lowest BCUT2D eigenvalue weighted by molar-refractivity contribution is -0.137. The van der Waals surface area contributed by atoms with Crippen molar-refractivity contribution in [1.82, 2.24) is 4.90 Å². The molecule has 0 N–H and O–H groups in total. The maximum absolute atomic E-state index is 13.1. The molecule has 4 nitrogen and oxygen atoms in total. The van der Waals surface area contributed by atoms with Gasteiger partial charge in [-0.05, 0) is 49.7 Å². The molecule has 0 aromatic heterocycles. The predicted molar refractivity (Wildman–Crippen MR) is 97.8 cm³/mol. The van der Waals surface area contributed by atoms with Crippen LogP contribution in [0.3, 0.4) is 0 Å². The van der Waals surface area contributed by atoms with Gasteiger partial charge in [0.05, 0.1) is 12.2 Å². The number of nitrogens with zero attached hydrogens (tertiary/aromatic N) is 1. The smallest absolute Gasteiger partial charge is 0.416 e. The van der Waals surface area contributed by atoms with Crippen LogP contribution in [-0.4, -0.2) is 38.4 Å². The van der Waals surface area contributed by atoms with Gasteiger partial charge < -0.3 is 19.1 Å². The molecular weight excluding hydrogens is 371 g/mol. The maximum Gasteiger partial charge on any atom is 0.416 e. The predicted octanol–water partition coefficient (Wildman–Crippen LogP) is 4.55. The van der Waals surface area contributed by atoms with Gasteiger partial charge in [0.1, 0.15) is 5.75 Å². The van der Waals surface area contributed by atoms with Crippen LogP contribution < -0.4 is 14.2 Å². The van der Waals surface area contributed by atoms with Crippen LogP contribution in [0.25, 0.3) is 0 Å². The van der Waals surface area contributed by atoms with Gasteiger partial charge >= 0.3 is 6.18 Å². The minimum atomic E-state index is -4.33. The van der Waals surface area contributed by atoms with Gasteiger partial charge in [0, 0.05) is 18.5 Å². The molecule has 2 aromatic rings. The molecule has 0 bridgehead atoms. The van der Waals surface area contributed by atoms with Crippen LogP contribution in [0, 0.1) is 5.92 Å². The van der Waals surface area contributed by atoms with E-state index in [-0.39, 0.29) is 18.6 Å². The molecule has 0 unspecified atom stereocenters. The SMILES string of the molecule is CN1CC[C@@H](c2cccc(C(F)(F)F)c2)[C@H](COc2ccc3c(c2)OCO3)C1. The third-order valence-corrected chi connectivity index (χ3v) is 5.39. The van der Waals surface area contributed by atoms with Crippen LogP contribution in [0.4, 0.5) is 13.2 Å². The zero-order valence-electron chi connectivity index (χ0n) is 15.5. The van der Waals surface area contributed by atoms with E-state index in [9.17, 15) is 13.2 Å². The summed E-state index contributed by atoms with van der Waals surface area (Å²) in [5, 5.41) is 0. The Bertz CT molecular complexity index is 840. The number of benzene rings is 2. The Hall–Kier alpha value is -2.41. The second kappa shape index (κ2) is 7.54. The van der Waals surface area contributed by atoms with E-state index in [1.807, 2.05) is 13.1 Å². The summed E-state index contributed by atoms with van der Waals surface area (Å²) in [6.45, 7) is 2.24. The summed E-state index contributed by atoms with van der Waals surface area (Å²) in [7, 11) is 2.02. The molecule has 7 heteroatoms. The van der Waals surface area contributed by atoms with Crippen LogP contribution in [0.5, 0.6) is 17.2 Å². The summed E-state index contributed by atoms with van der Waals surface area (Å²) in [6.07, 6.45) is -3.53. The highest BCUT2D eigenvalue weighted by Gasteiger charge is 2.34. The quantitative estimate of drug-likeness (QED) is 0.763. The Labute approximate surface area is 161 Å². The van der Waals surface area contributed by atoms with Crippen molar-refractivity contribution in [2.45, 2.75) is 18.5 Å². The van der Waals surface area contributed by atoms with E-state index in [1.54, 1.807) is 18.2 Å². The Kier molecular flexibility index (Phi) is 5.10. The van der Waals surface area contributed by atoms with Gasteiger partial charge in [-0.25, -0.2) is 0 Å². The second-order valence-corrected chi connectivity index (χ2v) is 7.37. The molecule has 0 radical (unpaired) electrons. The first-order valence-electron chi connectivity index (χ1n) is 9.28. The van der Waals surface area contributed by atoms with Gasteiger partial charge in [0.15, 0.2) is 11.5 Å². The lowest BCUT2D eigenvalue weighted by atomic mass is 9.80. The number of fused-ring (bicyclic) bond motifs is 1. The number of hydrogen-bond donors (Lipinski definition) is 0. The molecule has 150 valence electrons. The van der Waals surface area contributed by atoms with Crippen LogP contribution in [-0.2, 0) is 6.18 Å². The van der Waals surface area contributed by atoms with Crippen LogP contribution in [0.15, 0.2) is 42.5 Å². The highest BCUT2D eigenvalue weighted by Crippen LogP contribution is 2.38. The van der Waals surface area contributed by atoms with Gasteiger partial charge in [0.25, 0.3) is 0 Å². The Morgan fingerprint density at radius 2 is 1.93 bits per heavy atom. The maximum atomic E-state index is 13.1. The zero-order valence-corrected chi connectivity index (χ0v) is 15.5. The molecule has 0 aliphatic carbocycles. The van der Waals surface area contributed by atoms with Crippen molar-refractivity contribution in [2.75, 3.05) is 33.5 Å². The average Bonchev–Trinajstić information content (AvgIpc) is 3.14. The van der Waals surface area contributed by atoms with Gasteiger partial charge in [-0.15, -0.1) is 0 Å². The second-order valence-electron chi connectivity index (χ2n) is 7.37. The van der Waals surface area contributed by atoms with E-state index in [4.69, 9.17) is 14.2 Å². The van der Waals surface area contributed by atoms with E-state index in [0.717, 1.165) is 31.1 Å². The molecule has 1 saturated heterocycles. The molecule has 2 heterocycles. The van der Waals surface area contributed by atoms with E-state index < -0.39 is 11.7 Å². The summed E-state index contributed by atoms with van der Waals surface area (Å²) < 4.78 is 56.0. The number of halogens is 3. The molecule has 2 aromatic carbocycles. The van der Waals surface area contributed by atoms with Crippen molar-refractivity contribution in [2.24, 2.45) is 5.92 Å². The van der Waals surface area contributed by atoms with Crippen LogP contribution >= 0.6 is 0 Å². The number of rotatable bonds is 4. The van der Waals surface area contributed by atoms with E-state index in [0.29, 0.717) is 23.9 Å². The van der Waals surface area contributed by atoms with Crippen molar-refractivity contribution in [1.29, 1.82) is 0 Å². The molecular formula is C21H22F3NO3. The first-order valence-corrected chi connectivity index (χ1v) is 9.28. The number of ether oxygens (including phenoxy) is 3. The highest BCUT2D eigenvalue weighted by molar-refractivity contribution is 5.46. The molecule has 4 rings (SSSR count). The number of likely N-dealkylation sites (tertiary alicyclic amines) is 1. The summed E-state index contributed by atoms with van der Waals surface area (Å²) >= 11 is 0. The third kappa shape index (κ3) is 4.04. The van der Waals surface area contributed by atoms with Crippen molar-refractivity contribution in [3.8, 4) is 17.2 Å². The molecule has 2 aliphatic rings. The minimum absolute atomic E-state index is 0.0208. The van der Waals surface area contributed by atoms with Gasteiger partial charge in [0.2, 0.25) is 6.79 Å². The standard InChI is InChI=1S/C21H22F3NO3/c1-25-8-7-18(14-3-2-4-16(9-14)21(22,23)24)15(11-25)12-26-17-5-6-19-20(10-17)28-13-27-19/h2-6,9-10,15,18H,7-8,11-13H2,1H3/t15-,18-/m0/s1. The fourth-order valence-electron chi connectivity index (χ4n) is 3.94. The fraction of sp³-hybridized carbons (Fsp3) is 0.429. The van der Waals surface area contributed by atoms with Crippen molar-refractivity contribution >= 4 is 0 Å². The molecule has 2 atom stereocenters. The summed E-state index contributed by atoms with van der Waals surface area (Å²) in [4.78, 5) is 2.19. The van der Waals surface area contributed by atoms with E-state index >= 15 is 0 Å². The molecule has 2 aliphatic heterocycles. The van der Waals surface area contributed by atoms with Crippen molar-refractivity contribution in [3.05, 3.63) is 53.6 Å². The fourth-order valence-corrected chi connectivity index (χ4v) is 3.94.